The van der Waals surface area contributed by atoms with Crippen LogP contribution in [0.25, 0.3) is 0 Å². The quantitative estimate of drug-likeness (QED) is 0.0507. The van der Waals surface area contributed by atoms with Crippen LogP contribution in [-0.4, -0.2) is 110 Å². The third kappa shape index (κ3) is 14.0. The molecule has 0 aliphatic carbocycles. The zero-order valence-electron chi connectivity index (χ0n) is 52.3. The molecule has 0 spiro atoms. The van der Waals surface area contributed by atoms with Crippen molar-refractivity contribution in [3.05, 3.63) is 205 Å². The van der Waals surface area contributed by atoms with Crippen LogP contribution in [0.15, 0.2) is 143 Å². The summed E-state index contributed by atoms with van der Waals surface area (Å²) in [7, 11) is 1.41. The Morgan fingerprint density at radius 1 is 0.728 bits per heavy atom. The van der Waals surface area contributed by atoms with Crippen LogP contribution in [0, 0.1) is 18.8 Å². The number of fused-ring (bicyclic) bond motifs is 6. The SMILES string of the molecule is C=C1C=CC(=O)N1CCCCCC(=O)C[C@H](C(=O)N[C@@H](C)C(=O)Cc1ccc(COC(=O)N2c3cc(OCc4cc(=O)cc(COc5cc6c(cc5C)C(=O)N5Cc7ccccc7C[C@H]5C=N6)[nH]4)c(OC)cc3C(=O)N3Cc4ccccc4C[C@H]3C2O)cc1)C(C)C. The van der Waals surface area contributed by atoms with E-state index in [9.17, 15) is 43.5 Å². The lowest BCUT2D eigenvalue weighted by molar-refractivity contribution is -0.133. The maximum absolute atomic E-state index is 14.8. The number of aliphatic imine (C=N–C) groups is 1. The number of aliphatic hydroxyl groups excluding tert-OH is 1. The number of nitrogens with zero attached hydrogens (tertiary/aromatic N) is 5. The van der Waals surface area contributed by atoms with Crippen LogP contribution >= 0.6 is 0 Å². The van der Waals surface area contributed by atoms with Gasteiger partial charge in [0, 0.05) is 87.1 Å². The third-order valence-electron chi connectivity index (χ3n) is 17.9. The number of aromatic nitrogens is 1. The second kappa shape index (κ2) is 27.7. The number of unbranched alkanes of at least 4 members (excludes halogenated alkanes) is 2. The van der Waals surface area contributed by atoms with E-state index in [4.69, 9.17) is 23.9 Å². The van der Waals surface area contributed by atoms with Crippen molar-refractivity contribution in [3.63, 3.8) is 0 Å². The Morgan fingerprint density at radius 2 is 1.38 bits per heavy atom. The lowest BCUT2D eigenvalue weighted by Gasteiger charge is -2.39. The third-order valence-corrected chi connectivity index (χ3v) is 17.9. The molecule has 0 saturated carbocycles. The van der Waals surface area contributed by atoms with Gasteiger partial charge in [0.2, 0.25) is 5.91 Å². The van der Waals surface area contributed by atoms with E-state index in [1.54, 1.807) is 59.2 Å². The van der Waals surface area contributed by atoms with Crippen molar-refractivity contribution in [2.45, 2.75) is 136 Å². The lowest BCUT2D eigenvalue weighted by atomic mass is 9.88. The number of ether oxygens (including phenoxy) is 4. The van der Waals surface area contributed by atoms with Crippen molar-refractivity contribution >= 4 is 58.9 Å². The summed E-state index contributed by atoms with van der Waals surface area (Å²) in [5.74, 6) is -1.40. The van der Waals surface area contributed by atoms with E-state index in [1.807, 2.05) is 74.4 Å². The molecule has 1 aromatic heterocycles. The van der Waals surface area contributed by atoms with E-state index in [2.05, 4.69) is 22.9 Å². The molecule has 20 nitrogen and oxygen atoms in total. The molecule has 5 aliphatic rings. The summed E-state index contributed by atoms with van der Waals surface area (Å²) in [6.07, 6.45) is 5.76. The number of ketones is 2. The zero-order chi connectivity index (χ0) is 64.9. The van der Waals surface area contributed by atoms with Crippen LogP contribution in [0.5, 0.6) is 17.2 Å². The van der Waals surface area contributed by atoms with Gasteiger partial charge >= 0.3 is 6.09 Å². The average Bonchev–Trinajstić information content (AvgIpc) is 1.58. The number of methoxy groups -OCH3 is 1. The number of aryl methyl sites for hydroxylation is 1. The first-order chi connectivity index (χ1) is 44.3. The molecule has 5 atom stereocenters. The van der Waals surface area contributed by atoms with Crippen molar-refractivity contribution < 1.29 is 57.6 Å². The lowest BCUT2D eigenvalue weighted by Crippen LogP contribution is -2.55. The Hall–Kier alpha value is -9.95. The van der Waals surface area contributed by atoms with Crippen LogP contribution < -0.4 is 29.9 Å². The van der Waals surface area contributed by atoms with E-state index >= 15 is 0 Å². The summed E-state index contributed by atoms with van der Waals surface area (Å²) in [4.78, 5) is 123. The molecule has 476 valence electrons. The topological polar surface area (TPSA) is 247 Å². The molecule has 5 aromatic carbocycles. The predicted molar refractivity (Wildman–Crippen MR) is 344 cm³/mol. The molecule has 5 aliphatic heterocycles. The number of hydrogen-bond donors (Lipinski definition) is 3. The van der Waals surface area contributed by atoms with Gasteiger partial charge in [-0.05, 0) is 103 Å². The van der Waals surface area contributed by atoms with Crippen molar-refractivity contribution in [2.24, 2.45) is 16.8 Å². The van der Waals surface area contributed by atoms with Crippen molar-refractivity contribution in [1.82, 2.24) is 25.0 Å². The number of Topliss-reactive ketones (excluding diaryl/α,β-unsaturated/α-hetero) is 2. The smallest absolute Gasteiger partial charge is 0.416 e. The largest absolute Gasteiger partial charge is 0.493 e. The minimum absolute atomic E-state index is 0.00766. The molecule has 1 unspecified atom stereocenters. The number of aromatic amines is 1. The summed E-state index contributed by atoms with van der Waals surface area (Å²) in [6.45, 7) is 11.7. The summed E-state index contributed by atoms with van der Waals surface area (Å²) in [5, 5.41) is 15.2. The van der Waals surface area contributed by atoms with Crippen LogP contribution in [0.2, 0.25) is 0 Å². The Kier molecular flexibility index (Phi) is 19.1. The number of allylic oxidation sites excluding steroid dienone is 1. The molecule has 0 fully saturated rings. The maximum Gasteiger partial charge on any atom is 0.416 e. The zero-order valence-corrected chi connectivity index (χ0v) is 52.3. The van der Waals surface area contributed by atoms with Gasteiger partial charge in [-0.3, -0.25) is 38.6 Å². The number of H-pyrrole nitrogens is 1. The number of benzene rings is 5. The van der Waals surface area contributed by atoms with Gasteiger partial charge in [-0.1, -0.05) is 99.6 Å². The highest BCUT2D eigenvalue weighted by Crippen LogP contribution is 2.42. The van der Waals surface area contributed by atoms with Crippen molar-refractivity contribution in [2.75, 3.05) is 18.6 Å². The highest BCUT2D eigenvalue weighted by atomic mass is 16.6. The first-order valence-corrected chi connectivity index (χ1v) is 31.2. The second-order valence-electron chi connectivity index (χ2n) is 24.6. The highest BCUT2D eigenvalue weighted by molar-refractivity contribution is 6.06. The molecule has 11 rings (SSSR count). The molecular weight excluding hydrogens is 1170 g/mol. The van der Waals surface area contributed by atoms with E-state index < -0.39 is 36.2 Å². The summed E-state index contributed by atoms with van der Waals surface area (Å²) in [5.41, 5.74) is 8.11. The number of anilines is 1. The maximum atomic E-state index is 14.8. The molecular formula is C72H75N7O13. The Bertz CT molecular complexity index is 4000. The molecule has 0 radical (unpaired) electrons. The van der Waals surface area contributed by atoms with Crippen LogP contribution in [0.3, 0.4) is 0 Å². The van der Waals surface area contributed by atoms with Crippen LogP contribution in [-0.2, 0) is 76.1 Å². The Morgan fingerprint density at radius 3 is 2.05 bits per heavy atom. The monoisotopic (exact) mass is 1250 g/mol. The summed E-state index contributed by atoms with van der Waals surface area (Å²) >= 11 is 0. The molecule has 0 saturated heterocycles. The number of carbonyl (C=O) groups is 7. The van der Waals surface area contributed by atoms with Crippen molar-refractivity contribution in [3.8, 4) is 17.2 Å². The van der Waals surface area contributed by atoms with Gasteiger partial charge in [0.1, 0.15) is 31.4 Å². The fraction of sp³-hybridized carbons (Fsp3) is 0.347. The van der Waals surface area contributed by atoms with Gasteiger partial charge < -0.3 is 49.1 Å². The fourth-order valence-electron chi connectivity index (χ4n) is 12.6. The number of hydrogen-bond acceptors (Lipinski definition) is 14. The minimum Gasteiger partial charge on any atom is -0.493 e. The van der Waals surface area contributed by atoms with Gasteiger partial charge in [0.05, 0.1) is 59.1 Å². The number of amides is 5. The molecule has 20 heteroatoms. The first-order valence-electron chi connectivity index (χ1n) is 31.2. The second-order valence-corrected chi connectivity index (χ2v) is 24.6. The number of pyridine rings is 1. The average molecular weight is 1250 g/mol. The normalized spacial score (nSPS) is 17.8. The van der Waals surface area contributed by atoms with E-state index in [1.165, 1.54) is 43.0 Å². The van der Waals surface area contributed by atoms with E-state index in [0.29, 0.717) is 83.1 Å². The van der Waals surface area contributed by atoms with Gasteiger partial charge in [0.25, 0.3) is 17.7 Å². The molecule has 5 amide bonds. The van der Waals surface area contributed by atoms with E-state index in [-0.39, 0.29) is 115 Å². The van der Waals surface area contributed by atoms with Crippen LogP contribution in [0.4, 0.5) is 16.2 Å². The number of carbonyl (C=O) groups excluding carboxylic acids is 7. The predicted octanol–water partition coefficient (Wildman–Crippen LogP) is 9.50. The standard InChI is InChI=1S/C72H75N7O13/c1-42(2)57(32-55(80)18-8-7-13-25-76-44(4)19-24-67(76)83)68(84)74-45(5)63(82)27-46-20-22-47(23-21-46)39-92-72(88)79-61-35-66(65(89-6)33-59(61)70(86)78-38-51-17-12-10-15-49(51)29-62(78)71(79)87)91-41-53-31-56(81)30-52(75-53)40-90-64-34-60-58(26-43(64)3)69(85)77-37-50-16-11-9-14-48(50)28-54(77)36-73-60/h9-12,14-17,19-24,26,30-31,33-36,42,45,54,57,62,71,87H,4,7-8,13,18,25,27-29,32,37-41H2,1-3,5-6H3,(H,74,84)(H,75,81)/t45-,54-,57-,62-,71?/m0/s1. The summed E-state index contributed by atoms with van der Waals surface area (Å²) < 4.78 is 24.4. The van der Waals surface area contributed by atoms with E-state index in [0.717, 1.165) is 34.4 Å². The van der Waals surface area contributed by atoms with Gasteiger partial charge in [0.15, 0.2) is 28.9 Å². The number of rotatable bonds is 23. The minimum atomic E-state index is -1.60. The molecule has 0 bridgehead atoms. The fourth-order valence-corrected chi connectivity index (χ4v) is 12.6. The van der Waals surface area contributed by atoms with Gasteiger partial charge in [-0.2, -0.15) is 0 Å². The number of aliphatic hydroxyl groups is 1. The Labute approximate surface area is 533 Å². The highest BCUT2D eigenvalue weighted by Gasteiger charge is 2.46. The molecule has 92 heavy (non-hydrogen) atoms. The molecule has 3 N–H and O–H groups in total. The first kappa shape index (κ1) is 63.6. The van der Waals surface area contributed by atoms with Crippen molar-refractivity contribution in [1.29, 1.82) is 0 Å². The number of nitrogens with one attached hydrogen (secondary N) is 2. The van der Waals surface area contributed by atoms with Gasteiger partial charge in [-0.25, -0.2) is 9.69 Å². The summed E-state index contributed by atoms with van der Waals surface area (Å²) in [6, 6.07) is 29.8. The molecule has 6 aromatic rings. The molecule has 6 heterocycles. The van der Waals surface area contributed by atoms with Crippen LogP contribution in [0.1, 0.15) is 124 Å². The van der Waals surface area contributed by atoms with Gasteiger partial charge in [-0.15, -0.1) is 0 Å². The Balaban J connectivity index is 0.737.